The molecule has 0 unspecified atom stereocenters. The lowest BCUT2D eigenvalue weighted by Crippen LogP contribution is -2.24. The van der Waals surface area contributed by atoms with E-state index in [-0.39, 0.29) is 5.91 Å². The Morgan fingerprint density at radius 1 is 1.16 bits per heavy atom. The largest absolute Gasteiger partial charge is 0.288 e. The molecule has 1 aliphatic heterocycles. The third-order valence-corrected chi connectivity index (χ3v) is 3.38. The predicted molar refractivity (Wildman–Crippen MR) is 69.9 cm³/mol. The SMILES string of the molecule is O=C1c2ccncc2CN1c1cnc2ccccn12. The zero-order valence-corrected chi connectivity index (χ0v) is 10.0. The molecule has 0 N–H and O–H groups in total. The van der Waals surface area contributed by atoms with Crippen LogP contribution in [-0.4, -0.2) is 20.3 Å². The molecule has 0 spiro atoms. The third kappa shape index (κ3) is 1.38. The van der Waals surface area contributed by atoms with E-state index in [0.29, 0.717) is 6.54 Å². The number of imidazole rings is 1. The highest BCUT2D eigenvalue weighted by Gasteiger charge is 2.30. The zero-order chi connectivity index (χ0) is 12.8. The van der Waals surface area contributed by atoms with Crippen LogP contribution >= 0.6 is 0 Å². The smallest absolute Gasteiger partial charge is 0.260 e. The van der Waals surface area contributed by atoms with Gasteiger partial charge in [0.15, 0.2) is 0 Å². The molecular weight excluding hydrogens is 240 g/mol. The molecule has 0 saturated heterocycles. The molecule has 92 valence electrons. The van der Waals surface area contributed by atoms with E-state index in [1.807, 2.05) is 28.8 Å². The Balaban J connectivity index is 1.85. The number of anilines is 1. The van der Waals surface area contributed by atoms with Crippen molar-refractivity contribution in [3.8, 4) is 0 Å². The first-order chi connectivity index (χ1) is 9.34. The summed E-state index contributed by atoms with van der Waals surface area (Å²) in [7, 11) is 0. The summed E-state index contributed by atoms with van der Waals surface area (Å²) >= 11 is 0. The molecule has 0 atom stereocenters. The van der Waals surface area contributed by atoms with Crippen molar-refractivity contribution in [2.45, 2.75) is 6.54 Å². The van der Waals surface area contributed by atoms with Crippen molar-refractivity contribution in [2.75, 3.05) is 4.90 Å². The summed E-state index contributed by atoms with van der Waals surface area (Å²) in [6.45, 7) is 0.546. The summed E-state index contributed by atoms with van der Waals surface area (Å²) < 4.78 is 1.91. The van der Waals surface area contributed by atoms with E-state index in [0.717, 1.165) is 22.6 Å². The molecule has 5 nitrogen and oxygen atoms in total. The van der Waals surface area contributed by atoms with Crippen LogP contribution in [0, 0.1) is 0 Å². The Kier molecular flexibility index (Phi) is 1.97. The maximum atomic E-state index is 12.4. The number of nitrogens with zero attached hydrogens (tertiary/aromatic N) is 4. The maximum Gasteiger partial charge on any atom is 0.260 e. The van der Waals surface area contributed by atoms with E-state index in [1.165, 1.54) is 0 Å². The van der Waals surface area contributed by atoms with Crippen molar-refractivity contribution < 1.29 is 4.79 Å². The number of rotatable bonds is 1. The van der Waals surface area contributed by atoms with Crippen LogP contribution < -0.4 is 4.90 Å². The lowest BCUT2D eigenvalue weighted by atomic mass is 10.2. The summed E-state index contributed by atoms with van der Waals surface area (Å²) in [5.41, 5.74) is 2.51. The number of carbonyl (C=O) groups excluding carboxylic acids is 1. The number of hydrogen-bond donors (Lipinski definition) is 0. The van der Waals surface area contributed by atoms with Gasteiger partial charge in [-0.05, 0) is 18.2 Å². The molecule has 0 fully saturated rings. The standard InChI is InChI=1S/C14H10N4O/c19-14-11-4-5-15-7-10(11)9-18(14)13-8-16-12-3-1-2-6-17(12)13/h1-8H,9H2. The number of pyridine rings is 2. The molecular formula is C14H10N4O. The van der Waals surface area contributed by atoms with Crippen molar-refractivity contribution in [1.29, 1.82) is 0 Å². The molecule has 1 aliphatic rings. The predicted octanol–water partition coefficient (Wildman–Crippen LogP) is 1.89. The first-order valence-electron chi connectivity index (χ1n) is 6.01. The fourth-order valence-corrected chi connectivity index (χ4v) is 2.45. The summed E-state index contributed by atoms with van der Waals surface area (Å²) in [5, 5.41) is 0. The second-order valence-corrected chi connectivity index (χ2v) is 4.47. The highest BCUT2D eigenvalue weighted by atomic mass is 16.2. The van der Waals surface area contributed by atoms with Crippen molar-refractivity contribution in [3.63, 3.8) is 0 Å². The van der Waals surface area contributed by atoms with Gasteiger partial charge in [-0.15, -0.1) is 0 Å². The van der Waals surface area contributed by atoms with Gasteiger partial charge in [0.2, 0.25) is 0 Å². The molecule has 0 saturated carbocycles. The molecule has 3 aromatic heterocycles. The molecule has 4 rings (SSSR count). The Labute approximate surface area is 109 Å². The lowest BCUT2D eigenvalue weighted by molar-refractivity contribution is 0.0995. The maximum absolute atomic E-state index is 12.4. The molecule has 1 amide bonds. The monoisotopic (exact) mass is 250 g/mol. The second-order valence-electron chi connectivity index (χ2n) is 4.47. The third-order valence-electron chi connectivity index (χ3n) is 3.38. The van der Waals surface area contributed by atoms with Gasteiger partial charge in [0.1, 0.15) is 11.5 Å². The van der Waals surface area contributed by atoms with Crippen molar-refractivity contribution in [3.05, 3.63) is 60.2 Å². The summed E-state index contributed by atoms with van der Waals surface area (Å²) in [5.74, 6) is 0.792. The number of fused-ring (bicyclic) bond motifs is 2. The van der Waals surface area contributed by atoms with Gasteiger partial charge >= 0.3 is 0 Å². The van der Waals surface area contributed by atoms with E-state index in [2.05, 4.69) is 9.97 Å². The Bertz CT molecular complexity index is 793. The fraction of sp³-hybridized carbons (Fsp3) is 0.0714. The Morgan fingerprint density at radius 2 is 2.11 bits per heavy atom. The minimum absolute atomic E-state index is 0.00283. The minimum atomic E-state index is 0.00283. The summed E-state index contributed by atoms with van der Waals surface area (Å²) in [6, 6.07) is 7.53. The number of hydrogen-bond acceptors (Lipinski definition) is 3. The first kappa shape index (κ1) is 10.3. The highest BCUT2D eigenvalue weighted by Crippen LogP contribution is 2.27. The quantitative estimate of drug-likeness (QED) is 0.662. The van der Waals surface area contributed by atoms with E-state index < -0.39 is 0 Å². The van der Waals surface area contributed by atoms with Crippen LogP contribution in [0.2, 0.25) is 0 Å². The van der Waals surface area contributed by atoms with Crippen LogP contribution in [0.1, 0.15) is 15.9 Å². The molecule has 3 aromatic rings. The average Bonchev–Trinajstić information content (AvgIpc) is 3.01. The minimum Gasteiger partial charge on any atom is -0.288 e. The fourth-order valence-electron chi connectivity index (χ4n) is 2.45. The number of aromatic nitrogens is 3. The van der Waals surface area contributed by atoms with Crippen LogP contribution in [0.3, 0.4) is 0 Å². The second kappa shape index (κ2) is 3.65. The molecule has 0 aliphatic carbocycles. The van der Waals surface area contributed by atoms with Gasteiger partial charge in [-0.25, -0.2) is 4.98 Å². The highest BCUT2D eigenvalue weighted by molar-refractivity contribution is 6.09. The summed E-state index contributed by atoms with van der Waals surface area (Å²) in [6.07, 6.45) is 7.03. The van der Waals surface area contributed by atoms with Crippen molar-refractivity contribution >= 4 is 17.4 Å². The Hall–Kier alpha value is -2.69. The molecule has 19 heavy (non-hydrogen) atoms. The van der Waals surface area contributed by atoms with Gasteiger partial charge in [-0.2, -0.15) is 0 Å². The molecule has 5 heteroatoms. The number of amides is 1. The van der Waals surface area contributed by atoms with Gasteiger partial charge in [0.05, 0.1) is 12.7 Å². The van der Waals surface area contributed by atoms with E-state index in [1.54, 1.807) is 29.6 Å². The van der Waals surface area contributed by atoms with Gasteiger partial charge in [0, 0.05) is 29.7 Å². The van der Waals surface area contributed by atoms with E-state index in [9.17, 15) is 4.79 Å². The molecule has 0 radical (unpaired) electrons. The summed E-state index contributed by atoms with van der Waals surface area (Å²) in [4.78, 5) is 22.5. The van der Waals surface area contributed by atoms with Crippen LogP contribution in [0.25, 0.3) is 5.65 Å². The van der Waals surface area contributed by atoms with Gasteiger partial charge in [-0.1, -0.05) is 6.07 Å². The van der Waals surface area contributed by atoms with E-state index in [4.69, 9.17) is 0 Å². The Morgan fingerprint density at radius 3 is 3.00 bits per heavy atom. The van der Waals surface area contributed by atoms with Gasteiger partial charge in [-0.3, -0.25) is 19.1 Å². The zero-order valence-electron chi connectivity index (χ0n) is 10.0. The van der Waals surface area contributed by atoms with Crippen LogP contribution in [0.4, 0.5) is 5.82 Å². The van der Waals surface area contributed by atoms with Gasteiger partial charge < -0.3 is 0 Å². The first-order valence-corrected chi connectivity index (χ1v) is 6.01. The van der Waals surface area contributed by atoms with Gasteiger partial charge in [0.25, 0.3) is 5.91 Å². The number of carbonyl (C=O) groups is 1. The lowest BCUT2D eigenvalue weighted by Gasteiger charge is -2.14. The normalized spacial score (nSPS) is 14.1. The molecule has 0 aromatic carbocycles. The molecule has 0 bridgehead atoms. The van der Waals surface area contributed by atoms with Crippen LogP contribution in [-0.2, 0) is 6.54 Å². The van der Waals surface area contributed by atoms with Crippen molar-refractivity contribution in [2.24, 2.45) is 0 Å². The topological polar surface area (TPSA) is 50.5 Å². The van der Waals surface area contributed by atoms with Crippen LogP contribution in [0.5, 0.6) is 0 Å². The van der Waals surface area contributed by atoms with E-state index >= 15 is 0 Å². The van der Waals surface area contributed by atoms with Crippen molar-refractivity contribution in [1.82, 2.24) is 14.4 Å². The van der Waals surface area contributed by atoms with Crippen LogP contribution in [0.15, 0.2) is 49.1 Å². The molecule has 4 heterocycles. The average molecular weight is 250 g/mol.